The molecule has 3 N–H and O–H groups in total. The average Bonchev–Trinajstić information content (AvgIpc) is 2.28. The van der Waals surface area contributed by atoms with Crippen molar-refractivity contribution in [3.8, 4) is 17.5 Å². The highest BCUT2D eigenvalue weighted by Crippen LogP contribution is 2.32. The fourth-order valence-corrected chi connectivity index (χ4v) is 1.35. The van der Waals surface area contributed by atoms with E-state index in [1.54, 1.807) is 24.5 Å². The highest BCUT2D eigenvalue weighted by molar-refractivity contribution is 14.1. The lowest BCUT2D eigenvalue weighted by Gasteiger charge is -2.07. The van der Waals surface area contributed by atoms with Gasteiger partial charge < -0.3 is 15.6 Å². The molecule has 0 radical (unpaired) electrons. The fraction of sp³-hybridized carbons (Fsp3) is 0. The maximum Gasteiger partial charge on any atom is 0.322 e. The second-order valence-corrected chi connectivity index (χ2v) is 4.22. The number of aromatic hydroxyl groups is 1. The van der Waals surface area contributed by atoms with Crippen molar-refractivity contribution in [3.63, 3.8) is 0 Å². The topological polar surface area (TPSA) is 81.3 Å². The standard InChI is InChI=1S/C10H8IN3O2/c11-6-4-13-10(14-5-6)16-8-3-1-2-7(15)9(8)12/h1-5,15H,12H2. The molecule has 2 aromatic rings. The minimum Gasteiger partial charge on any atom is -0.506 e. The first-order valence-corrected chi connectivity index (χ1v) is 5.47. The Morgan fingerprint density at radius 2 is 1.94 bits per heavy atom. The van der Waals surface area contributed by atoms with Crippen LogP contribution in [0.15, 0.2) is 30.6 Å². The van der Waals surface area contributed by atoms with Crippen LogP contribution in [0.2, 0.25) is 0 Å². The van der Waals surface area contributed by atoms with E-state index in [9.17, 15) is 5.11 Å². The molecule has 0 saturated heterocycles. The van der Waals surface area contributed by atoms with Crippen LogP contribution in [-0.2, 0) is 0 Å². The molecule has 0 aliphatic rings. The zero-order valence-electron chi connectivity index (χ0n) is 8.09. The molecule has 1 heterocycles. The van der Waals surface area contributed by atoms with Crippen molar-refractivity contribution in [1.82, 2.24) is 9.97 Å². The van der Waals surface area contributed by atoms with E-state index >= 15 is 0 Å². The predicted octanol–water partition coefficient (Wildman–Crippen LogP) is 2.16. The summed E-state index contributed by atoms with van der Waals surface area (Å²) in [6.45, 7) is 0. The van der Waals surface area contributed by atoms with Crippen LogP contribution in [0.5, 0.6) is 17.5 Å². The van der Waals surface area contributed by atoms with E-state index in [1.165, 1.54) is 6.07 Å². The van der Waals surface area contributed by atoms with Crippen molar-refractivity contribution >= 4 is 28.3 Å². The maximum atomic E-state index is 9.38. The molecule has 0 saturated carbocycles. The Labute approximate surface area is 105 Å². The first-order valence-electron chi connectivity index (χ1n) is 4.39. The maximum absolute atomic E-state index is 9.38. The minimum atomic E-state index is -0.0250. The summed E-state index contributed by atoms with van der Waals surface area (Å²) in [5, 5.41) is 9.38. The molecule has 1 aromatic heterocycles. The summed E-state index contributed by atoms with van der Waals surface area (Å²) >= 11 is 2.09. The molecule has 0 aliphatic heterocycles. The van der Waals surface area contributed by atoms with Gasteiger partial charge in [-0.3, -0.25) is 0 Å². The number of phenols is 1. The molecule has 82 valence electrons. The predicted molar refractivity (Wildman–Crippen MR) is 67.3 cm³/mol. The Hall–Kier alpha value is -1.57. The lowest BCUT2D eigenvalue weighted by Crippen LogP contribution is -1.95. The number of hydrogen-bond acceptors (Lipinski definition) is 5. The highest BCUT2D eigenvalue weighted by Gasteiger charge is 2.07. The number of halogens is 1. The summed E-state index contributed by atoms with van der Waals surface area (Å²) in [5.41, 5.74) is 5.80. The third-order valence-corrected chi connectivity index (χ3v) is 2.40. The van der Waals surface area contributed by atoms with Crippen molar-refractivity contribution in [2.24, 2.45) is 0 Å². The number of anilines is 1. The minimum absolute atomic E-state index is 0.0250. The number of nitrogens with two attached hydrogens (primary N) is 1. The van der Waals surface area contributed by atoms with Crippen LogP contribution < -0.4 is 10.5 Å². The van der Waals surface area contributed by atoms with Gasteiger partial charge in [-0.1, -0.05) is 6.07 Å². The van der Waals surface area contributed by atoms with Crippen molar-refractivity contribution in [1.29, 1.82) is 0 Å². The Balaban J connectivity index is 2.27. The third kappa shape index (κ3) is 2.32. The van der Waals surface area contributed by atoms with E-state index in [4.69, 9.17) is 10.5 Å². The Bertz CT molecular complexity index is 502. The first kappa shape index (κ1) is 10.9. The molecular formula is C10H8IN3O2. The molecule has 16 heavy (non-hydrogen) atoms. The van der Waals surface area contributed by atoms with Crippen LogP contribution in [0.3, 0.4) is 0 Å². The van der Waals surface area contributed by atoms with Gasteiger partial charge in [0.1, 0.15) is 11.4 Å². The second-order valence-electron chi connectivity index (χ2n) is 2.97. The van der Waals surface area contributed by atoms with E-state index in [1.807, 2.05) is 0 Å². The van der Waals surface area contributed by atoms with Crippen LogP contribution in [0.25, 0.3) is 0 Å². The van der Waals surface area contributed by atoms with Crippen LogP contribution in [0.4, 0.5) is 5.69 Å². The highest BCUT2D eigenvalue weighted by atomic mass is 127. The average molecular weight is 329 g/mol. The SMILES string of the molecule is Nc1c(O)cccc1Oc1ncc(I)cn1. The van der Waals surface area contributed by atoms with Gasteiger partial charge in [-0.15, -0.1) is 0 Å². The van der Waals surface area contributed by atoms with E-state index in [2.05, 4.69) is 32.6 Å². The summed E-state index contributed by atoms with van der Waals surface area (Å²) in [5.74, 6) is 0.309. The molecule has 0 aliphatic carbocycles. The second kappa shape index (κ2) is 4.52. The Morgan fingerprint density at radius 1 is 1.25 bits per heavy atom. The van der Waals surface area contributed by atoms with Crippen molar-refractivity contribution in [3.05, 3.63) is 34.2 Å². The summed E-state index contributed by atoms with van der Waals surface area (Å²) in [7, 11) is 0. The van der Waals surface area contributed by atoms with Crippen molar-refractivity contribution in [2.75, 3.05) is 5.73 Å². The number of rotatable bonds is 2. The van der Waals surface area contributed by atoms with Gasteiger partial charge in [-0.25, -0.2) is 9.97 Å². The lowest BCUT2D eigenvalue weighted by atomic mass is 10.3. The molecule has 0 spiro atoms. The van der Waals surface area contributed by atoms with Gasteiger partial charge in [0.15, 0.2) is 5.75 Å². The fourth-order valence-electron chi connectivity index (χ4n) is 1.07. The summed E-state index contributed by atoms with van der Waals surface area (Å²) < 4.78 is 6.25. The first-order chi connectivity index (χ1) is 7.66. The molecule has 0 fully saturated rings. The zero-order valence-corrected chi connectivity index (χ0v) is 10.2. The third-order valence-electron chi connectivity index (χ3n) is 1.84. The van der Waals surface area contributed by atoms with E-state index in [0.717, 1.165) is 3.57 Å². The molecule has 2 rings (SSSR count). The molecule has 0 amide bonds. The largest absolute Gasteiger partial charge is 0.506 e. The number of nitrogen functional groups attached to an aromatic ring is 1. The lowest BCUT2D eigenvalue weighted by molar-refractivity contribution is 0.434. The van der Waals surface area contributed by atoms with Crippen molar-refractivity contribution < 1.29 is 9.84 Å². The number of benzene rings is 1. The Morgan fingerprint density at radius 3 is 2.62 bits per heavy atom. The van der Waals surface area contributed by atoms with Crippen LogP contribution in [0.1, 0.15) is 0 Å². The normalized spacial score (nSPS) is 10.1. The zero-order chi connectivity index (χ0) is 11.5. The van der Waals surface area contributed by atoms with E-state index in [-0.39, 0.29) is 17.4 Å². The number of para-hydroxylation sites is 1. The molecular weight excluding hydrogens is 321 g/mol. The van der Waals surface area contributed by atoms with Crippen LogP contribution in [-0.4, -0.2) is 15.1 Å². The molecule has 5 nitrogen and oxygen atoms in total. The molecule has 0 bridgehead atoms. The smallest absolute Gasteiger partial charge is 0.322 e. The summed E-state index contributed by atoms with van der Waals surface area (Å²) in [6.07, 6.45) is 3.25. The van der Waals surface area contributed by atoms with Gasteiger partial charge in [0.2, 0.25) is 0 Å². The molecule has 1 aromatic carbocycles. The number of nitrogens with zero attached hydrogens (tertiary/aromatic N) is 2. The van der Waals surface area contributed by atoms with Crippen LogP contribution in [0, 0.1) is 3.57 Å². The number of aromatic nitrogens is 2. The summed E-state index contributed by atoms with van der Waals surface area (Å²) in [4.78, 5) is 7.93. The van der Waals surface area contributed by atoms with Gasteiger partial charge in [-0.05, 0) is 34.7 Å². The van der Waals surface area contributed by atoms with Gasteiger partial charge in [0.05, 0.1) is 0 Å². The van der Waals surface area contributed by atoms with E-state index in [0.29, 0.717) is 5.75 Å². The van der Waals surface area contributed by atoms with Gasteiger partial charge in [-0.2, -0.15) is 0 Å². The van der Waals surface area contributed by atoms with Crippen LogP contribution >= 0.6 is 22.6 Å². The number of phenolic OH excluding ortho intramolecular Hbond substituents is 1. The van der Waals surface area contributed by atoms with Gasteiger partial charge >= 0.3 is 6.01 Å². The van der Waals surface area contributed by atoms with E-state index < -0.39 is 0 Å². The monoisotopic (exact) mass is 329 g/mol. The molecule has 6 heteroatoms. The molecule has 0 atom stereocenters. The quantitative estimate of drug-likeness (QED) is 0.501. The van der Waals surface area contributed by atoms with Gasteiger partial charge in [0, 0.05) is 16.0 Å². The van der Waals surface area contributed by atoms with Gasteiger partial charge in [0.25, 0.3) is 0 Å². The number of ether oxygens (including phenoxy) is 1. The van der Waals surface area contributed by atoms with Crippen molar-refractivity contribution in [2.45, 2.75) is 0 Å². The number of hydrogen-bond donors (Lipinski definition) is 2. The summed E-state index contributed by atoms with van der Waals surface area (Å²) in [6, 6.07) is 4.94. The molecule has 0 unspecified atom stereocenters. The Kier molecular flexibility index (Phi) is 3.09.